The lowest BCUT2D eigenvalue weighted by atomic mass is 10.1. The maximum atomic E-state index is 12.7. The zero-order valence-corrected chi connectivity index (χ0v) is 16.6. The second kappa shape index (κ2) is 8.44. The zero-order valence-electron chi connectivity index (χ0n) is 16.6. The second-order valence-electron chi connectivity index (χ2n) is 7.42. The molecular weight excluding hydrogens is 354 g/mol. The number of benzene rings is 2. The fourth-order valence-corrected chi connectivity index (χ4v) is 3.45. The van der Waals surface area contributed by atoms with Gasteiger partial charge in [-0.25, -0.2) is 0 Å². The van der Waals surface area contributed by atoms with Crippen molar-refractivity contribution in [1.29, 1.82) is 0 Å². The molecule has 148 valence electrons. The van der Waals surface area contributed by atoms with Crippen molar-refractivity contribution in [3.63, 3.8) is 0 Å². The summed E-state index contributed by atoms with van der Waals surface area (Å²) in [6.07, 6.45) is 0.0790. The predicted octanol–water partition coefficient (Wildman–Crippen LogP) is 2.76. The lowest BCUT2D eigenvalue weighted by Gasteiger charge is -2.35. The third-order valence-electron chi connectivity index (χ3n) is 4.87. The average molecular weight is 381 g/mol. The van der Waals surface area contributed by atoms with Crippen LogP contribution in [0.5, 0.6) is 0 Å². The third kappa shape index (κ3) is 4.70. The van der Waals surface area contributed by atoms with Gasteiger partial charge in [-0.15, -0.1) is 0 Å². The molecule has 1 saturated heterocycles. The van der Waals surface area contributed by atoms with E-state index in [-0.39, 0.29) is 24.0 Å². The van der Waals surface area contributed by atoms with Crippen LogP contribution in [0.25, 0.3) is 0 Å². The van der Waals surface area contributed by atoms with E-state index in [1.807, 2.05) is 43.9 Å². The quantitative estimate of drug-likeness (QED) is 0.798. The summed E-state index contributed by atoms with van der Waals surface area (Å²) in [7, 11) is 0. The van der Waals surface area contributed by atoms with Crippen LogP contribution in [-0.4, -0.2) is 42.0 Å². The summed E-state index contributed by atoms with van der Waals surface area (Å²) in [4.78, 5) is 26.9. The van der Waals surface area contributed by atoms with Gasteiger partial charge in [0.1, 0.15) is 0 Å². The molecule has 6 heteroatoms. The summed E-state index contributed by atoms with van der Waals surface area (Å²) in [5.74, 6) is -0.158. The van der Waals surface area contributed by atoms with Gasteiger partial charge in [0.05, 0.1) is 12.2 Å². The number of rotatable bonds is 4. The molecule has 0 radical (unpaired) electrons. The summed E-state index contributed by atoms with van der Waals surface area (Å²) >= 11 is 0. The fourth-order valence-electron chi connectivity index (χ4n) is 3.45. The monoisotopic (exact) mass is 381 g/mol. The van der Waals surface area contributed by atoms with Crippen LogP contribution in [0, 0.1) is 6.92 Å². The highest BCUT2D eigenvalue weighted by Gasteiger charge is 2.26. The Morgan fingerprint density at radius 2 is 1.75 bits per heavy atom. The molecule has 1 aliphatic rings. The second-order valence-corrected chi connectivity index (χ2v) is 7.42. The predicted molar refractivity (Wildman–Crippen MR) is 109 cm³/mol. The molecule has 0 aliphatic carbocycles. The molecule has 1 aliphatic heterocycles. The Morgan fingerprint density at radius 1 is 1.11 bits per heavy atom. The SMILES string of the molecule is Cc1ccc(N)cc1C(=O)NCc1ccc(C(=O)N2CC(C)OC(C)C2)cc1. The number of amides is 2. The molecule has 2 aromatic carbocycles. The van der Waals surface area contributed by atoms with E-state index in [1.54, 1.807) is 24.3 Å². The number of carbonyl (C=O) groups excluding carboxylic acids is 2. The molecule has 0 saturated carbocycles. The number of carbonyl (C=O) groups is 2. The number of nitrogens with one attached hydrogen (secondary N) is 1. The van der Waals surface area contributed by atoms with E-state index >= 15 is 0 Å². The van der Waals surface area contributed by atoms with E-state index in [4.69, 9.17) is 10.5 Å². The van der Waals surface area contributed by atoms with Crippen LogP contribution in [0.1, 0.15) is 45.7 Å². The highest BCUT2D eigenvalue weighted by Crippen LogP contribution is 2.16. The third-order valence-corrected chi connectivity index (χ3v) is 4.87. The van der Waals surface area contributed by atoms with Crippen LogP contribution in [0.4, 0.5) is 5.69 Å². The van der Waals surface area contributed by atoms with Gasteiger partial charge >= 0.3 is 0 Å². The Balaban J connectivity index is 1.60. The molecule has 2 unspecified atom stereocenters. The van der Waals surface area contributed by atoms with Gasteiger partial charge in [0.2, 0.25) is 0 Å². The number of nitrogens with two attached hydrogens (primary N) is 1. The molecule has 3 rings (SSSR count). The molecule has 1 fully saturated rings. The highest BCUT2D eigenvalue weighted by atomic mass is 16.5. The fraction of sp³-hybridized carbons (Fsp3) is 0.364. The zero-order chi connectivity index (χ0) is 20.3. The first-order valence-corrected chi connectivity index (χ1v) is 9.51. The van der Waals surface area contributed by atoms with E-state index in [2.05, 4.69) is 5.32 Å². The number of nitrogen functional groups attached to an aromatic ring is 1. The summed E-state index contributed by atoms with van der Waals surface area (Å²) in [6.45, 7) is 7.41. The average Bonchev–Trinajstić information content (AvgIpc) is 2.67. The Morgan fingerprint density at radius 3 is 2.39 bits per heavy atom. The minimum atomic E-state index is -0.166. The number of hydrogen-bond donors (Lipinski definition) is 2. The molecule has 28 heavy (non-hydrogen) atoms. The van der Waals surface area contributed by atoms with Crippen molar-refractivity contribution in [2.24, 2.45) is 0 Å². The molecule has 2 atom stereocenters. The van der Waals surface area contributed by atoms with Crippen LogP contribution in [0.3, 0.4) is 0 Å². The lowest BCUT2D eigenvalue weighted by molar-refractivity contribution is -0.0586. The van der Waals surface area contributed by atoms with Crippen molar-refractivity contribution >= 4 is 17.5 Å². The van der Waals surface area contributed by atoms with Gasteiger partial charge in [0.15, 0.2) is 0 Å². The number of hydrogen-bond acceptors (Lipinski definition) is 4. The topological polar surface area (TPSA) is 84.7 Å². The largest absolute Gasteiger partial charge is 0.399 e. The van der Waals surface area contributed by atoms with Crippen LogP contribution in [0.15, 0.2) is 42.5 Å². The van der Waals surface area contributed by atoms with Gasteiger partial charge in [-0.05, 0) is 56.2 Å². The molecule has 6 nitrogen and oxygen atoms in total. The maximum absolute atomic E-state index is 12.7. The normalized spacial score (nSPS) is 19.3. The van der Waals surface area contributed by atoms with E-state index in [1.165, 1.54) is 0 Å². The molecule has 2 aromatic rings. The van der Waals surface area contributed by atoms with Crippen LogP contribution < -0.4 is 11.1 Å². The number of morpholine rings is 1. The minimum absolute atomic E-state index is 0.00738. The summed E-state index contributed by atoms with van der Waals surface area (Å²) in [5, 5.41) is 2.90. The molecule has 3 N–H and O–H groups in total. The lowest BCUT2D eigenvalue weighted by Crippen LogP contribution is -2.48. The van der Waals surface area contributed by atoms with Gasteiger partial charge in [0.25, 0.3) is 11.8 Å². The van der Waals surface area contributed by atoms with Gasteiger partial charge in [0, 0.05) is 36.4 Å². The first kappa shape index (κ1) is 19.9. The standard InChI is InChI=1S/C22H27N3O3/c1-14-4-9-19(23)10-20(14)21(26)24-11-17-5-7-18(8-6-17)22(27)25-12-15(2)28-16(3)13-25/h4-10,15-16H,11-13,23H2,1-3H3,(H,24,26). The molecular formula is C22H27N3O3. The summed E-state index contributed by atoms with van der Waals surface area (Å²) < 4.78 is 5.69. The van der Waals surface area contributed by atoms with Crippen molar-refractivity contribution in [3.05, 3.63) is 64.7 Å². The molecule has 1 heterocycles. The van der Waals surface area contributed by atoms with Crippen LogP contribution in [-0.2, 0) is 11.3 Å². The Labute approximate surface area is 165 Å². The van der Waals surface area contributed by atoms with E-state index in [0.29, 0.717) is 36.4 Å². The maximum Gasteiger partial charge on any atom is 0.254 e. The van der Waals surface area contributed by atoms with Crippen molar-refractivity contribution in [2.75, 3.05) is 18.8 Å². The van der Waals surface area contributed by atoms with E-state index < -0.39 is 0 Å². The van der Waals surface area contributed by atoms with Crippen molar-refractivity contribution in [3.8, 4) is 0 Å². The summed E-state index contributed by atoms with van der Waals surface area (Å²) in [6, 6.07) is 12.6. The van der Waals surface area contributed by atoms with Crippen molar-refractivity contribution < 1.29 is 14.3 Å². The molecule has 0 spiro atoms. The Hall–Kier alpha value is -2.86. The number of nitrogens with zero attached hydrogens (tertiary/aromatic N) is 1. The number of anilines is 1. The highest BCUT2D eigenvalue weighted by molar-refractivity contribution is 5.96. The number of ether oxygens (including phenoxy) is 1. The molecule has 0 bridgehead atoms. The molecule has 0 aromatic heterocycles. The van der Waals surface area contributed by atoms with Gasteiger partial charge in [-0.2, -0.15) is 0 Å². The Kier molecular flexibility index (Phi) is 5.99. The summed E-state index contributed by atoms with van der Waals surface area (Å²) in [5.41, 5.74) is 9.35. The first-order chi connectivity index (χ1) is 13.3. The number of aryl methyl sites for hydroxylation is 1. The smallest absolute Gasteiger partial charge is 0.254 e. The van der Waals surface area contributed by atoms with Gasteiger partial charge < -0.3 is 20.7 Å². The minimum Gasteiger partial charge on any atom is -0.399 e. The van der Waals surface area contributed by atoms with E-state index in [0.717, 1.165) is 11.1 Å². The van der Waals surface area contributed by atoms with Crippen molar-refractivity contribution in [1.82, 2.24) is 10.2 Å². The van der Waals surface area contributed by atoms with E-state index in [9.17, 15) is 9.59 Å². The van der Waals surface area contributed by atoms with Crippen LogP contribution in [0.2, 0.25) is 0 Å². The first-order valence-electron chi connectivity index (χ1n) is 9.51. The van der Waals surface area contributed by atoms with Crippen LogP contribution >= 0.6 is 0 Å². The van der Waals surface area contributed by atoms with Crippen molar-refractivity contribution in [2.45, 2.75) is 39.5 Å². The molecule has 2 amide bonds. The van der Waals surface area contributed by atoms with Gasteiger partial charge in [-0.1, -0.05) is 18.2 Å². The Bertz CT molecular complexity index is 854. The van der Waals surface area contributed by atoms with Gasteiger partial charge in [-0.3, -0.25) is 9.59 Å².